The summed E-state index contributed by atoms with van der Waals surface area (Å²) in [7, 11) is 0. The molecule has 2 rings (SSSR count). The van der Waals surface area contributed by atoms with Gasteiger partial charge in [-0.3, -0.25) is 4.79 Å². The van der Waals surface area contributed by atoms with Crippen molar-refractivity contribution in [2.45, 2.75) is 32.7 Å². The Kier molecular flexibility index (Phi) is 4.12. The van der Waals surface area contributed by atoms with Crippen molar-refractivity contribution in [3.63, 3.8) is 0 Å². The monoisotopic (exact) mass is 253 g/mol. The molecule has 1 amide bonds. The van der Waals surface area contributed by atoms with Crippen LogP contribution in [0.4, 0.5) is 0 Å². The Hall–Kier alpha value is -0.940. The molecule has 0 spiro atoms. The molecule has 17 heavy (non-hydrogen) atoms. The molecule has 2 atom stereocenters. The predicted octanol–water partition coefficient (Wildman–Crippen LogP) is 1.49. The Morgan fingerprint density at radius 2 is 2.59 bits per heavy atom. The van der Waals surface area contributed by atoms with Crippen LogP contribution in [0.25, 0.3) is 0 Å². The molecule has 0 bridgehead atoms. The van der Waals surface area contributed by atoms with E-state index in [0.717, 1.165) is 36.6 Å². The van der Waals surface area contributed by atoms with Gasteiger partial charge in [-0.1, -0.05) is 6.92 Å². The van der Waals surface area contributed by atoms with E-state index in [1.165, 1.54) is 0 Å². The Morgan fingerprint density at radius 3 is 3.18 bits per heavy atom. The van der Waals surface area contributed by atoms with Crippen LogP contribution in [0.15, 0.2) is 5.38 Å². The number of aromatic nitrogens is 1. The zero-order chi connectivity index (χ0) is 12.3. The number of hydrogen-bond acceptors (Lipinski definition) is 4. The van der Waals surface area contributed by atoms with Crippen LogP contribution in [-0.2, 0) is 11.2 Å². The molecule has 0 saturated carbocycles. The fraction of sp³-hybridized carbons (Fsp3) is 0.667. The van der Waals surface area contributed by atoms with Gasteiger partial charge in [0.15, 0.2) is 0 Å². The van der Waals surface area contributed by atoms with Crippen molar-refractivity contribution >= 4 is 17.2 Å². The van der Waals surface area contributed by atoms with E-state index in [1.54, 1.807) is 11.3 Å². The third kappa shape index (κ3) is 3.04. The van der Waals surface area contributed by atoms with E-state index in [9.17, 15) is 4.79 Å². The molecule has 0 radical (unpaired) electrons. The molecule has 0 aliphatic carbocycles. The standard InChI is InChI=1S/C12H19N3OS/c1-3-11-15-10(7-17-11)8(2)14-12(16)9-4-5-13-6-9/h7-9,13H,3-6H2,1-2H3,(H,14,16). The molecule has 5 heteroatoms. The molecule has 1 saturated heterocycles. The minimum absolute atomic E-state index is 0.0136. The number of rotatable bonds is 4. The van der Waals surface area contributed by atoms with Gasteiger partial charge in [0.1, 0.15) is 0 Å². The molecule has 94 valence electrons. The van der Waals surface area contributed by atoms with E-state index in [1.807, 2.05) is 12.3 Å². The Bertz CT molecular complexity index is 385. The minimum atomic E-state index is 0.0136. The lowest BCUT2D eigenvalue weighted by Crippen LogP contribution is -2.33. The number of nitrogens with one attached hydrogen (secondary N) is 2. The maximum Gasteiger partial charge on any atom is 0.224 e. The fourth-order valence-corrected chi connectivity index (χ4v) is 2.81. The molecule has 2 N–H and O–H groups in total. The number of amides is 1. The van der Waals surface area contributed by atoms with E-state index in [4.69, 9.17) is 0 Å². The molecule has 2 unspecified atom stereocenters. The zero-order valence-electron chi connectivity index (χ0n) is 10.3. The van der Waals surface area contributed by atoms with Crippen LogP contribution in [0, 0.1) is 5.92 Å². The lowest BCUT2D eigenvalue weighted by atomic mass is 10.1. The highest BCUT2D eigenvalue weighted by atomic mass is 32.1. The van der Waals surface area contributed by atoms with E-state index in [-0.39, 0.29) is 17.9 Å². The predicted molar refractivity (Wildman–Crippen MR) is 69.0 cm³/mol. The SMILES string of the molecule is CCc1nc(C(C)NC(=O)C2CCNC2)cs1. The Labute approximate surface area is 106 Å². The average molecular weight is 253 g/mol. The van der Waals surface area contributed by atoms with Gasteiger partial charge in [-0.05, 0) is 26.3 Å². The summed E-state index contributed by atoms with van der Waals surface area (Å²) in [5.74, 6) is 0.273. The second kappa shape index (κ2) is 5.60. The van der Waals surface area contributed by atoms with Crippen LogP contribution in [0.3, 0.4) is 0 Å². The van der Waals surface area contributed by atoms with Crippen LogP contribution < -0.4 is 10.6 Å². The zero-order valence-corrected chi connectivity index (χ0v) is 11.1. The molecule has 1 fully saturated rings. The summed E-state index contributed by atoms with van der Waals surface area (Å²) in [4.78, 5) is 16.4. The molecule has 1 aliphatic heterocycles. The average Bonchev–Trinajstić information content (AvgIpc) is 3.00. The van der Waals surface area contributed by atoms with Crippen molar-refractivity contribution in [3.8, 4) is 0 Å². The van der Waals surface area contributed by atoms with Gasteiger partial charge >= 0.3 is 0 Å². The van der Waals surface area contributed by atoms with E-state index in [2.05, 4.69) is 22.5 Å². The van der Waals surface area contributed by atoms with E-state index in [0.29, 0.717) is 0 Å². The van der Waals surface area contributed by atoms with Crippen LogP contribution >= 0.6 is 11.3 Å². The van der Waals surface area contributed by atoms with Gasteiger partial charge in [0.25, 0.3) is 0 Å². The highest BCUT2D eigenvalue weighted by molar-refractivity contribution is 7.09. The molecule has 1 aromatic rings. The van der Waals surface area contributed by atoms with E-state index >= 15 is 0 Å². The van der Waals surface area contributed by atoms with Gasteiger partial charge in [-0.2, -0.15) is 0 Å². The first-order chi connectivity index (χ1) is 8.20. The molecule has 1 aliphatic rings. The molecule has 2 heterocycles. The number of carbonyl (C=O) groups is 1. The topological polar surface area (TPSA) is 54.0 Å². The molecular formula is C12H19N3OS. The molecule has 4 nitrogen and oxygen atoms in total. The van der Waals surface area contributed by atoms with Gasteiger partial charge in [-0.25, -0.2) is 4.98 Å². The van der Waals surface area contributed by atoms with Crippen LogP contribution in [0.2, 0.25) is 0 Å². The van der Waals surface area contributed by atoms with E-state index < -0.39 is 0 Å². The number of nitrogens with zero attached hydrogens (tertiary/aromatic N) is 1. The highest BCUT2D eigenvalue weighted by Gasteiger charge is 2.24. The Morgan fingerprint density at radius 1 is 1.76 bits per heavy atom. The quantitative estimate of drug-likeness (QED) is 0.855. The summed E-state index contributed by atoms with van der Waals surface area (Å²) in [6.45, 7) is 5.84. The number of thiazole rings is 1. The summed E-state index contributed by atoms with van der Waals surface area (Å²) in [5, 5.41) is 9.41. The van der Waals surface area contributed by atoms with Crippen molar-refractivity contribution in [1.29, 1.82) is 0 Å². The highest BCUT2D eigenvalue weighted by Crippen LogP contribution is 2.18. The van der Waals surface area contributed by atoms with Crippen LogP contribution in [0.1, 0.15) is 37.0 Å². The van der Waals surface area contributed by atoms with Crippen molar-refractivity contribution in [1.82, 2.24) is 15.6 Å². The van der Waals surface area contributed by atoms with Gasteiger partial charge in [0, 0.05) is 11.9 Å². The third-order valence-corrected chi connectivity index (χ3v) is 4.12. The van der Waals surface area contributed by atoms with Gasteiger partial charge in [0.05, 0.1) is 22.7 Å². The maximum atomic E-state index is 11.9. The van der Waals surface area contributed by atoms with Crippen LogP contribution in [0.5, 0.6) is 0 Å². The van der Waals surface area contributed by atoms with Crippen molar-refractivity contribution in [2.24, 2.45) is 5.92 Å². The molecule has 0 aromatic carbocycles. The van der Waals surface area contributed by atoms with Gasteiger partial charge in [-0.15, -0.1) is 11.3 Å². The van der Waals surface area contributed by atoms with Gasteiger partial charge in [0.2, 0.25) is 5.91 Å². The summed E-state index contributed by atoms with van der Waals surface area (Å²) in [6, 6.07) is 0.0136. The largest absolute Gasteiger partial charge is 0.348 e. The number of hydrogen-bond donors (Lipinski definition) is 2. The third-order valence-electron chi connectivity index (χ3n) is 3.11. The first-order valence-electron chi connectivity index (χ1n) is 6.16. The lowest BCUT2D eigenvalue weighted by molar-refractivity contribution is -0.125. The number of carbonyl (C=O) groups excluding carboxylic acids is 1. The molecule has 1 aromatic heterocycles. The summed E-state index contributed by atoms with van der Waals surface area (Å²) in [5.41, 5.74) is 0.978. The molecular weight excluding hydrogens is 234 g/mol. The summed E-state index contributed by atoms with van der Waals surface area (Å²) in [6.07, 6.45) is 1.90. The minimum Gasteiger partial charge on any atom is -0.348 e. The smallest absolute Gasteiger partial charge is 0.224 e. The van der Waals surface area contributed by atoms with Crippen molar-refractivity contribution in [2.75, 3.05) is 13.1 Å². The Balaban J connectivity index is 1.91. The summed E-state index contributed by atoms with van der Waals surface area (Å²) < 4.78 is 0. The maximum absolute atomic E-state index is 11.9. The van der Waals surface area contributed by atoms with Crippen molar-refractivity contribution < 1.29 is 4.79 Å². The van der Waals surface area contributed by atoms with Gasteiger partial charge < -0.3 is 10.6 Å². The fourth-order valence-electron chi connectivity index (χ4n) is 1.97. The first-order valence-corrected chi connectivity index (χ1v) is 7.04. The first kappa shape index (κ1) is 12.5. The second-order valence-corrected chi connectivity index (χ2v) is 5.38. The number of aryl methyl sites for hydroxylation is 1. The second-order valence-electron chi connectivity index (χ2n) is 4.44. The normalized spacial score (nSPS) is 21.4. The lowest BCUT2D eigenvalue weighted by Gasteiger charge is -2.14. The summed E-state index contributed by atoms with van der Waals surface area (Å²) >= 11 is 1.66. The van der Waals surface area contributed by atoms with Crippen molar-refractivity contribution in [3.05, 3.63) is 16.1 Å². The van der Waals surface area contributed by atoms with Crippen LogP contribution in [-0.4, -0.2) is 24.0 Å².